The van der Waals surface area contributed by atoms with Gasteiger partial charge in [0, 0.05) is 24.0 Å². The number of hydrogen-bond donors (Lipinski definition) is 1. The van der Waals surface area contributed by atoms with E-state index < -0.39 is 6.10 Å². The molecule has 0 saturated heterocycles. The number of fused-ring (bicyclic) bond motifs is 4. The van der Waals surface area contributed by atoms with Crippen molar-refractivity contribution in [2.45, 2.75) is 6.10 Å². The standard InChI is InChI=1S/C16H11NO3/c1-20-16-12(18)7-11-13(15(16)19)10-6-8-4-2-3-5-9(8)14(10)17-11/h2-7,16-17H,1H3. The summed E-state index contributed by atoms with van der Waals surface area (Å²) < 4.78 is 5.02. The Bertz CT molecular complexity index is 982. The monoisotopic (exact) mass is 265 g/mol. The van der Waals surface area contributed by atoms with Gasteiger partial charge in [-0.05, 0) is 11.3 Å². The lowest BCUT2D eigenvalue weighted by atomic mass is 9.96. The molecule has 1 N–H and O–H groups in total. The van der Waals surface area contributed by atoms with Crippen LogP contribution in [-0.2, 0) is 9.53 Å². The number of H-pyrrole nitrogens is 1. The van der Waals surface area contributed by atoms with Crippen LogP contribution in [0.25, 0.3) is 12.2 Å². The maximum absolute atomic E-state index is 12.4. The second-order valence-corrected chi connectivity index (χ2v) is 4.96. The Kier molecular flexibility index (Phi) is 2.15. The van der Waals surface area contributed by atoms with Gasteiger partial charge in [-0.1, -0.05) is 24.3 Å². The first-order valence-electron chi connectivity index (χ1n) is 6.36. The Morgan fingerprint density at radius 2 is 1.95 bits per heavy atom. The van der Waals surface area contributed by atoms with Gasteiger partial charge in [-0.25, -0.2) is 0 Å². The summed E-state index contributed by atoms with van der Waals surface area (Å²) in [6.45, 7) is 0. The highest BCUT2D eigenvalue weighted by atomic mass is 16.5. The van der Waals surface area contributed by atoms with Crippen LogP contribution in [0.4, 0.5) is 0 Å². The van der Waals surface area contributed by atoms with E-state index in [0.717, 1.165) is 21.3 Å². The smallest absolute Gasteiger partial charge is 0.202 e. The van der Waals surface area contributed by atoms with Crippen molar-refractivity contribution in [3.05, 3.63) is 56.5 Å². The molecule has 20 heavy (non-hydrogen) atoms. The Balaban J connectivity index is 2.15. The zero-order chi connectivity index (χ0) is 13.9. The predicted molar refractivity (Wildman–Crippen MR) is 72.3 cm³/mol. The van der Waals surface area contributed by atoms with Gasteiger partial charge in [0.05, 0.1) is 16.3 Å². The van der Waals surface area contributed by atoms with E-state index in [1.807, 2.05) is 30.3 Å². The molecule has 4 nitrogen and oxygen atoms in total. The molecule has 2 aliphatic rings. The number of hydrogen-bond acceptors (Lipinski definition) is 3. The number of carbonyl (C=O) groups excluding carboxylic acids is 2. The van der Waals surface area contributed by atoms with Crippen molar-refractivity contribution >= 4 is 23.7 Å². The molecule has 0 radical (unpaired) electrons. The fourth-order valence-electron chi connectivity index (χ4n) is 2.97. The number of benzene rings is 1. The molecule has 1 atom stereocenters. The molecule has 0 spiro atoms. The van der Waals surface area contributed by atoms with E-state index in [4.69, 9.17) is 4.74 Å². The van der Waals surface area contributed by atoms with Crippen LogP contribution in [0.2, 0.25) is 0 Å². The van der Waals surface area contributed by atoms with Crippen LogP contribution in [0.3, 0.4) is 0 Å². The first-order valence-corrected chi connectivity index (χ1v) is 6.36. The zero-order valence-electron chi connectivity index (χ0n) is 10.8. The molecular formula is C16H11NO3. The fourth-order valence-corrected chi connectivity index (χ4v) is 2.97. The molecule has 0 fully saturated rings. The summed E-state index contributed by atoms with van der Waals surface area (Å²) in [4.78, 5) is 27.5. The van der Waals surface area contributed by atoms with Crippen LogP contribution in [-0.4, -0.2) is 29.8 Å². The molecule has 0 saturated carbocycles. The third-order valence-corrected chi connectivity index (χ3v) is 3.86. The zero-order valence-corrected chi connectivity index (χ0v) is 10.8. The summed E-state index contributed by atoms with van der Waals surface area (Å²) in [6, 6.07) is 7.92. The highest BCUT2D eigenvalue weighted by Gasteiger charge is 2.33. The van der Waals surface area contributed by atoms with Crippen molar-refractivity contribution in [1.29, 1.82) is 0 Å². The van der Waals surface area contributed by atoms with Crippen LogP contribution in [0.15, 0.2) is 24.3 Å². The highest BCUT2D eigenvalue weighted by Crippen LogP contribution is 2.18. The van der Waals surface area contributed by atoms with Crippen LogP contribution in [0.5, 0.6) is 0 Å². The average Bonchev–Trinajstić information content (AvgIpc) is 2.94. The number of Topliss-reactive ketones (excluding diaryl/α,β-unsaturated/α-hetero) is 2. The average molecular weight is 265 g/mol. The SMILES string of the molecule is COC1C(=O)C=c2[nH]c3c(c2C1=O)C=c1ccccc1=3. The van der Waals surface area contributed by atoms with Gasteiger partial charge < -0.3 is 9.72 Å². The molecule has 2 aliphatic carbocycles. The van der Waals surface area contributed by atoms with Crippen LogP contribution < -0.4 is 10.6 Å². The van der Waals surface area contributed by atoms with E-state index in [9.17, 15) is 9.59 Å². The van der Waals surface area contributed by atoms with E-state index in [-0.39, 0.29) is 11.6 Å². The molecule has 1 heterocycles. The fraction of sp³-hybridized carbons (Fsp3) is 0.125. The molecule has 0 aliphatic heterocycles. The summed E-state index contributed by atoms with van der Waals surface area (Å²) in [6.07, 6.45) is 2.42. The minimum absolute atomic E-state index is 0.267. The second-order valence-electron chi connectivity index (χ2n) is 4.96. The van der Waals surface area contributed by atoms with Crippen molar-refractivity contribution in [3.8, 4) is 0 Å². The lowest BCUT2D eigenvalue weighted by Crippen LogP contribution is -2.39. The van der Waals surface area contributed by atoms with Crippen molar-refractivity contribution in [2.24, 2.45) is 0 Å². The molecule has 4 rings (SSSR count). The Morgan fingerprint density at radius 1 is 1.15 bits per heavy atom. The molecule has 1 unspecified atom stereocenters. The van der Waals surface area contributed by atoms with Crippen LogP contribution >= 0.6 is 0 Å². The van der Waals surface area contributed by atoms with Gasteiger partial charge in [0.25, 0.3) is 0 Å². The van der Waals surface area contributed by atoms with E-state index >= 15 is 0 Å². The number of aromatic amines is 1. The van der Waals surface area contributed by atoms with E-state index in [1.54, 1.807) is 0 Å². The van der Waals surface area contributed by atoms with Crippen molar-refractivity contribution in [3.63, 3.8) is 0 Å². The van der Waals surface area contributed by atoms with Gasteiger partial charge in [-0.2, -0.15) is 0 Å². The predicted octanol–water partition coefficient (Wildman–Crippen LogP) is 0.00478. The number of methoxy groups -OCH3 is 1. The maximum Gasteiger partial charge on any atom is 0.202 e. The third kappa shape index (κ3) is 1.29. The molecular weight excluding hydrogens is 254 g/mol. The van der Waals surface area contributed by atoms with Gasteiger partial charge in [-0.15, -0.1) is 0 Å². The summed E-state index contributed by atoms with van der Waals surface area (Å²) in [5, 5.41) is 3.62. The Hall–Kier alpha value is -2.46. The van der Waals surface area contributed by atoms with Gasteiger partial charge in [-0.3, -0.25) is 9.59 Å². The number of carbonyl (C=O) groups is 2. The second kappa shape index (κ2) is 3.77. The van der Waals surface area contributed by atoms with Crippen molar-refractivity contribution < 1.29 is 14.3 Å². The minimum atomic E-state index is -1.01. The normalized spacial score (nSPS) is 18.9. The van der Waals surface area contributed by atoms with E-state index in [2.05, 4.69) is 4.98 Å². The van der Waals surface area contributed by atoms with Crippen molar-refractivity contribution in [1.82, 2.24) is 4.98 Å². The quantitative estimate of drug-likeness (QED) is 0.630. The Labute approximate surface area is 113 Å². The molecule has 4 heteroatoms. The van der Waals surface area contributed by atoms with Crippen LogP contribution in [0.1, 0.15) is 15.9 Å². The van der Waals surface area contributed by atoms with Crippen LogP contribution in [0, 0.1) is 10.6 Å². The molecule has 1 aromatic carbocycles. The molecule has 98 valence electrons. The van der Waals surface area contributed by atoms with E-state index in [1.165, 1.54) is 13.2 Å². The summed E-state index contributed by atoms with van der Waals surface area (Å²) in [5.74, 6) is -0.574. The number of ketones is 2. The first-order chi connectivity index (χ1) is 9.70. The molecule has 0 bridgehead atoms. The number of nitrogens with one attached hydrogen (secondary N) is 1. The molecule has 0 amide bonds. The minimum Gasteiger partial charge on any atom is -0.365 e. The number of ether oxygens (including phenoxy) is 1. The largest absolute Gasteiger partial charge is 0.365 e. The lowest BCUT2D eigenvalue weighted by Gasteiger charge is -2.14. The van der Waals surface area contributed by atoms with Gasteiger partial charge >= 0.3 is 0 Å². The summed E-state index contributed by atoms with van der Waals surface area (Å²) in [7, 11) is 1.38. The summed E-state index contributed by atoms with van der Waals surface area (Å²) >= 11 is 0. The molecule has 1 aromatic heterocycles. The Morgan fingerprint density at radius 3 is 2.75 bits per heavy atom. The number of aromatic nitrogens is 1. The lowest BCUT2D eigenvalue weighted by molar-refractivity contribution is -0.120. The van der Waals surface area contributed by atoms with E-state index in [0.29, 0.717) is 10.9 Å². The topological polar surface area (TPSA) is 59.2 Å². The number of rotatable bonds is 1. The third-order valence-electron chi connectivity index (χ3n) is 3.86. The van der Waals surface area contributed by atoms with Gasteiger partial charge in [0.1, 0.15) is 0 Å². The summed E-state index contributed by atoms with van der Waals surface area (Å²) in [5.41, 5.74) is 1.42. The van der Waals surface area contributed by atoms with Crippen molar-refractivity contribution in [2.75, 3.05) is 7.11 Å². The van der Waals surface area contributed by atoms with Gasteiger partial charge in [0.2, 0.25) is 5.78 Å². The highest BCUT2D eigenvalue weighted by molar-refractivity contribution is 6.27. The maximum atomic E-state index is 12.4. The first kappa shape index (κ1) is 11.4. The van der Waals surface area contributed by atoms with Gasteiger partial charge in [0.15, 0.2) is 11.9 Å². The molecule has 2 aromatic rings.